The van der Waals surface area contributed by atoms with E-state index in [-0.39, 0.29) is 12.6 Å². The van der Waals surface area contributed by atoms with Gasteiger partial charge >= 0.3 is 0 Å². The summed E-state index contributed by atoms with van der Waals surface area (Å²) < 4.78 is 0. The number of para-hydroxylation sites is 1. The van der Waals surface area contributed by atoms with Crippen molar-refractivity contribution < 1.29 is 5.11 Å². The van der Waals surface area contributed by atoms with E-state index in [2.05, 4.69) is 52.6 Å². The normalized spacial score (nSPS) is 11.8. The van der Waals surface area contributed by atoms with Crippen LogP contribution in [0, 0.1) is 13.8 Å². The number of aliphatic hydroxyl groups is 1. The summed E-state index contributed by atoms with van der Waals surface area (Å²) in [5.41, 5.74) is 4.34. The molecule has 5 heteroatoms. The molecule has 0 fully saturated rings. The maximum Gasteiger partial charge on any atom is 0.135 e. The van der Waals surface area contributed by atoms with Gasteiger partial charge in [-0.1, -0.05) is 47.5 Å². The molecule has 5 nitrogen and oxygen atoms in total. The van der Waals surface area contributed by atoms with Gasteiger partial charge in [-0.15, -0.1) is 0 Å². The van der Waals surface area contributed by atoms with Crippen molar-refractivity contribution in [3.63, 3.8) is 0 Å². The number of aromatic nitrogens is 2. The maximum atomic E-state index is 9.81. The summed E-state index contributed by atoms with van der Waals surface area (Å²) in [6.07, 6.45) is 1.50. The van der Waals surface area contributed by atoms with Gasteiger partial charge in [-0.2, -0.15) is 0 Å². The zero-order chi connectivity index (χ0) is 17.6. The topological polar surface area (TPSA) is 70.1 Å². The summed E-state index contributed by atoms with van der Waals surface area (Å²) in [4.78, 5) is 8.51. The molecular weight excluding hydrogens is 312 g/mol. The Morgan fingerprint density at radius 1 is 0.920 bits per heavy atom. The molecule has 3 N–H and O–H groups in total. The van der Waals surface area contributed by atoms with E-state index in [1.807, 2.05) is 36.4 Å². The van der Waals surface area contributed by atoms with Gasteiger partial charge in [0.2, 0.25) is 0 Å². The first kappa shape index (κ1) is 16.9. The molecular formula is C20H22N4O. The van der Waals surface area contributed by atoms with Crippen molar-refractivity contribution in [2.24, 2.45) is 0 Å². The molecule has 0 amide bonds. The van der Waals surface area contributed by atoms with Gasteiger partial charge in [-0.3, -0.25) is 0 Å². The van der Waals surface area contributed by atoms with E-state index in [1.54, 1.807) is 0 Å². The second kappa shape index (κ2) is 7.77. The van der Waals surface area contributed by atoms with Crippen molar-refractivity contribution in [2.45, 2.75) is 19.9 Å². The Morgan fingerprint density at radius 3 is 2.28 bits per heavy atom. The van der Waals surface area contributed by atoms with Crippen LogP contribution in [0.1, 0.15) is 22.7 Å². The fraction of sp³-hybridized carbons (Fsp3) is 0.200. The van der Waals surface area contributed by atoms with Crippen molar-refractivity contribution in [1.29, 1.82) is 0 Å². The molecule has 2 aromatic carbocycles. The molecule has 3 rings (SSSR count). The van der Waals surface area contributed by atoms with Gasteiger partial charge < -0.3 is 15.7 Å². The highest BCUT2D eigenvalue weighted by atomic mass is 16.3. The van der Waals surface area contributed by atoms with Crippen LogP contribution >= 0.6 is 0 Å². The molecule has 25 heavy (non-hydrogen) atoms. The molecule has 1 aromatic heterocycles. The highest BCUT2D eigenvalue weighted by molar-refractivity contribution is 5.58. The van der Waals surface area contributed by atoms with Crippen LogP contribution in [0.5, 0.6) is 0 Å². The third-order valence-electron chi connectivity index (χ3n) is 3.86. The predicted octanol–water partition coefficient (Wildman–Crippen LogP) is 3.98. The number of aryl methyl sites for hydroxylation is 2. The molecule has 0 aliphatic carbocycles. The van der Waals surface area contributed by atoms with Crippen molar-refractivity contribution in [1.82, 2.24) is 9.97 Å². The first-order chi connectivity index (χ1) is 12.1. The van der Waals surface area contributed by atoms with Crippen LogP contribution in [-0.4, -0.2) is 21.7 Å². The fourth-order valence-electron chi connectivity index (χ4n) is 2.80. The zero-order valence-electron chi connectivity index (χ0n) is 14.4. The Morgan fingerprint density at radius 2 is 1.60 bits per heavy atom. The molecule has 1 unspecified atom stereocenters. The quantitative estimate of drug-likeness (QED) is 0.636. The third kappa shape index (κ3) is 4.55. The molecule has 128 valence electrons. The molecule has 0 spiro atoms. The summed E-state index contributed by atoms with van der Waals surface area (Å²) in [5.74, 6) is 1.35. The van der Waals surface area contributed by atoms with Crippen LogP contribution in [0.15, 0.2) is 60.9 Å². The lowest BCUT2D eigenvalue weighted by Gasteiger charge is -2.19. The predicted molar refractivity (Wildman–Crippen MR) is 101 cm³/mol. The standard InChI is InChI=1S/C20H22N4O/c1-14-8-15(2)10-16(9-14)18(12-25)24-20-11-19(21-13-22-20)23-17-6-4-3-5-7-17/h3-11,13,18,25H,12H2,1-2H3,(H2,21,22,23,24). The van der Waals surface area contributed by atoms with E-state index in [4.69, 9.17) is 0 Å². The van der Waals surface area contributed by atoms with E-state index < -0.39 is 0 Å². The second-order valence-corrected chi connectivity index (χ2v) is 6.08. The Bertz CT molecular complexity index is 816. The molecule has 0 aliphatic rings. The number of anilines is 3. The average Bonchev–Trinajstić information content (AvgIpc) is 2.60. The van der Waals surface area contributed by atoms with Gasteiger partial charge in [0, 0.05) is 11.8 Å². The highest BCUT2D eigenvalue weighted by Crippen LogP contribution is 2.22. The minimum Gasteiger partial charge on any atom is -0.394 e. The van der Waals surface area contributed by atoms with Gasteiger partial charge in [-0.25, -0.2) is 9.97 Å². The van der Waals surface area contributed by atoms with Crippen LogP contribution in [0.3, 0.4) is 0 Å². The number of benzene rings is 2. The lowest BCUT2D eigenvalue weighted by atomic mass is 10.0. The van der Waals surface area contributed by atoms with Crippen LogP contribution in [0.2, 0.25) is 0 Å². The Balaban J connectivity index is 1.78. The number of hydrogen-bond donors (Lipinski definition) is 3. The molecule has 1 atom stereocenters. The molecule has 1 heterocycles. The maximum absolute atomic E-state index is 9.81. The van der Waals surface area contributed by atoms with E-state index >= 15 is 0 Å². The smallest absolute Gasteiger partial charge is 0.135 e. The number of nitrogens with one attached hydrogen (secondary N) is 2. The lowest BCUT2D eigenvalue weighted by molar-refractivity contribution is 0.276. The largest absolute Gasteiger partial charge is 0.394 e. The van der Waals surface area contributed by atoms with Crippen molar-refractivity contribution in [2.75, 3.05) is 17.2 Å². The van der Waals surface area contributed by atoms with Gasteiger partial charge in [0.25, 0.3) is 0 Å². The average molecular weight is 334 g/mol. The van der Waals surface area contributed by atoms with Gasteiger partial charge in [-0.05, 0) is 31.5 Å². The number of rotatable bonds is 6. The summed E-state index contributed by atoms with van der Waals surface area (Å²) in [7, 11) is 0. The van der Waals surface area contributed by atoms with Gasteiger partial charge in [0.05, 0.1) is 12.6 Å². The molecule has 0 aliphatic heterocycles. The van der Waals surface area contributed by atoms with E-state index in [0.29, 0.717) is 11.6 Å². The van der Waals surface area contributed by atoms with Crippen molar-refractivity contribution in [3.05, 3.63) is 77.6 Å². The first-order valence-corrected chi connectivity index (χ1v) is 8.24. The summed E-state index contributed by atoms with van der Waals surface area (Å²) >= 11 is 0. The van der Waals surface area contributed by atoms with Crippen molar-refractivity contribution >= 4 is 17.3 Å². The van der Waals surface area contributed by atoms with E-state index in [9.17, 15) is 5.11 Å². The van der Waals surface area contributed by atoms with Crippen LogP contribution in [-0.2, 0) is 0 Å². The second-order valence-electron chi connectivity index (χ2n) is 6.08. The highest BCUT2D eigenvalue weighted by Gasteiger charge is 2.12. The zero-order valence-corrected chi connectivity index (χ0v) is 14.4. The molecule has 3 aromatic rings. The summed E-state index contributed by atoms with van der Waals surface area (Å²) in [5, 5.41) is 16.3. The molecule has 0 saturated carbocycles. The van der Waals surface area contributed by atoms with Crippen molar-refractivity contribution in [3.8, 4) is 0 Å². The molecule has 0 radical (unpaired) electrons. The molecule has 0 bridgehead atoms. The van der Waals surface area contributed by atoms with Crippen LogP contribution in [0.25, 0.3) is 0 Å². The van der Waals surface area contributed by atoms with E-state index in [1.165, 1.54) is 17.5 Å². The third-order valence-corrected chi connectivity index (χ3v) is 3.86. The minimum absolute atomic E-state index is 0.0195. The SMILES string of the molecule is Cc1cc(C)cc(C(CO)Nc2cc(Nc3ccccc3)ncn2)c1. The minimum atomic E-state index is -0.224. The Kier molecular flexibility index (Phi) is 5.26. The first-order valence-electron chi connectivity index (χ1n) is 8.24. The Hall–Kier alpha value is -2.92. The summed E-state index contributed by atoms with van der Waals surface area (Å²) in [6.45, 7) is 4.09. The van der Waals surface area contributed by atoms with Crippen LogP contribution < -0.4 is 10.6 Å². The monoisotopic (exact) mass is 334 g/mol. The Labute approximate surface area is 147 Å². The van der Waals surface area contributed by atoms with E-state index in [0.717, 1.165) is 11.3 Å². The summed E-state index contributed by atoms with van der Waals surface area (Å²) in [6, 6.07) is 17.7. The van der Waals surface area contributed by atoms with Gasteiger partial charge in [0.1, 0.15) is 18.0 Å². The number of nitrogens with zero attached hydrogens (tertiary/aromatic N) is 2. The van der Waals surface area contributed by atoms with Crippen LogP contribution in [0.4, 0.5) is 17.3 Å². The lowest BCUT2D eigenvalue weighted by Crippen LogP contribution is -2.16. The fourth-order valence-corrected chi connectivity index (χ4v) is 2.80. The molecule has 0 saturated heterocycles. The number of hydrogen-bond acceptors (Lipinski definition) is 5. The van der Waals surface area contributed by atoms with Gasteiger partial charge in [0.15, 0.2) is 0 Å². The number of aliphatic hydroxyl groups excluding tert-OH is 1.